The highest BCUT2D eigenvalue weighted by Gasteiger charge is 2.34. The van der Waals surface area contributed by atoms with Crippen LogP contribution in [0.1, 0.15) is 29.6 Å². The lowest BCUT2D eigenvalue weighted by Gasteiger charge is -2.25. The van der Waals surface area contributed by atoms with E-state index in [1.807, 2.05) is 0 Å². The molecule has 1 aromatic rings. The molecule has 2 saturated heterocycles. The third-order valence-corrected chi connectivity index (χ3v) is 4.77. The molecule has 0 amide bonds. The van der Waals surface area contributed by atoms with Gasteiger partial charge in [-0.3, -0.25) is 14.6 Å². The van der Waals surface area contributed by atoms with E-state index in [0.29, 0.717) is 24.2 Å². The van der Waals surface area contributed by atoms with Crippen molar-refractivity contribution in [3.8, 4) is 0 Å². The van der Waals surface area contributed by atoms with Gasteiger partial charge in [0, 0.05) is 30.7 Å². The molecule has 2 aliphatic rings. The van der Waals surface area contributed by atoms with Gasteiger partial charge in [0.2, 0.25) is 0 Å². The van der Waals surface area contributed by atoms with Crippen LogP contribution in [-0.4, -0.2) is 54.3 Å². The van der Waals surface area contributed by atoms with Crippen molar-refractivity contribution in [3.63, 3.8) is 0 Å². The molecule has 4 heteroatoms. The van der Waals surface area contributed by atoms with Crippen molar-refractivity contribution in [1.29, 1.82) is 0 Å². The quantitative estimate of drug-likeness (QED) is 0.791. The van der Waals surface area contributed by atoms with Crippen LogP contribution in [0.5, 0.6) is 0 Å². The number of benzene rings is 1. The van der Waals surface area contributed by atoms with Gasteiger partial charge in [-0.15, -0.1) is 0 Å². The Hall–Kier alpha value is -1.26. The summed E-state index contributed by atoms with van der Waals surface area (Å²) < 4.78 is 12.9. The molecule has 2 aliphatic heterocycles. The molecular formula is C16H21FN2O. The van der Waals surface area contributed by atoms with E-state index in [9.17, 15) is 9.18 Å². The number of nitrogens with zero attached hydrogens (tertiary/aromatic N) is 2. The molecule has 0 N–H and O–H groups in total. The van der Waals surface area contributed by atoms with Crippen LogP contribution in [0.25, 0.3) is 0 Å². The second-order valence-corrected chi connectivity index (χ2v) is 6.00. The summed E-state index contributed by atoms with van der Waals surface area (Å²) in [6.07, 6.45) is 3.67. The summed E-state index contributed by atoms with van der Waals surface area (Å²) in [5, 5.41) is 0. The smallest absolute Gasteiger partial charge is 0.176 e. The fourth-order valence-electron chi connectivity index (χ4n) is 3.45. The van der Waals surface area contributed by atoms with Crippen LogP contribution in [0.15, 0.2) is 24.3 Å². The van der Waals surface area contributed by atoms with Crippen LogP contribution >= 0.6 is 0 Å². The zero-order valence-electron chi connectivity index (χ0n) is 11.9. The maximum absolute atomic E-state index is 12.9. The molecule has 0 saturated carbocycles. The van der Waals surface area contributed by atoms with Crippen LogP contribution < -0.4 is 0 Å². The molecule has 1 aromatic carbocycles. The number of rotatable bonds is 3. The van der Waals surface area contributed by atoms with Gasteiger partial charge in [0.15, 0.2) is 5.78 Å². The van der Waals surface area contributed by atoms with Gasteiger partial charge in [-0.1, -0.05) is 0 Å². The number of halogens is 1. The van der Waals surface area contributed by atoms with Crippen molar-refractivity contribution >= 4 is 5.78 Å². The van der Waals surface area contributed by atoms with Gasteiger partial charge in [0.25, 0.3) is 0 Å². The number of hydrogen-bond acceptors (Lipinski definition) is 3. The minimum atomic E-state index is -0.296. The third-order valence-electron chi connectivity index (χ3n) is 4.77. The van der Waals surface area contributed by atoms with Crippen molar-refractivity contribution in [1.82, 2.24) is 9.80 Å². The molecular weight excluding hydrogens is 255 g/mol. The second-order valence-electron chi connectivity index (χ2n) is 6.00. The van der Waals surface area contributed by atoms with Gasteiger partial charge < -0.3 is 0 Å². The maximum Gasteiger partial charge on any atom is 0.176 e. The lowest BCUT2D eigenvalue weighted by atomic mass is 10.1. The standard InChI is InChI=1S/C16H21FN2O/c1-18-14-6-7-15(18)10-19(9-8-14)11-16(20)12-2-4-13(17)5-3-12/h2-5,14-15H,6-11H2,1H3. The Labute approximate surface area is 119 Å². The molecule has 3 nitrogen and oxygen atoms in total. The highest BCUT2D eigenvalue weighted by Crippen LogP contribution is 2.28. The second kappa shape index (κ2) is 5.62. The Morgan fingerprint density at radius 3 is 2.65 bits per heavy atom. The van der Waals surface area contributed by atoms with Crippen molar-refractivity contribution in [3.05, 3.63) is 35.6 Å². The van der Waals surface area contributed by atoms with E-state index in [1.165, 1.54) is 25.0 Å². The number of hydrogen-bond donors (Lipinski definition) is 0. The topological polar surface area (TPSA) is 23.6 Å². The van der Waals surface area contributed by atoms with Crippen LogP contribution in [0.2, 0.25) is 0 Å². The molecule has 0 aliphatic carbocycles. The van der Waals surface area contributed by atoms with E-state index >= 15 is 0 Å². The molecule has 108 valence electrons. The summed E-state index contributed by atoms with van der Waals surface area (Å²) in [6, 6.07) is 7.13. The number of fused-ring (bicyclic) bond motifs is 2. The van der Waals surface area contributed by atoms with E-state index in [4.69, 9.17) is 0 Å². The number of carbonyl (C=O) groups excluding carboxylic acids is 1. The van der Waals surface area contributed by atoms with Crippen LogP contribution in [0.4, 0.5) is 4.39 Å². The predicted octanol–water partition coefficient (Wildman–Crippen LogP) is 2.18. The Kier molecular flexibility index (Phi) is 3.85. The number of likely N-dealkylation sites (tertiary alicyclic amines) is 1. The van der Waals surface area contributed by atoms with E-state index in [2.05, 4.69) is 16.8 Å². The average molecular weight is 276 g/mol. The summed E-state index contributed by atoms with van der Waals surface area (Å²) in [7, 11) is 2.20. The molecule has 0 aromatic heterocycles. The minimum Gasteiger partial charge on any atom is -0.299 e. The first-order valence-electron chi connectivity index (χ1n) is 7.36. The Bertz CT molecular complexity index is 488. The zero-order valence-corrected chi connectivity index (χ0v) is 11.9. The highest BCUT2D eigenvalue weighted by molar-refractivity contribution is 5.97. The number of likely N-dealkylation sites (N-methyl/N-ethyl adjacent to an activating group) is 1. The molecule has 20 heavy (non-hydrogen) atoms. The van der Waals surface area contributed by atoms with Gasteiger partial charge in [-0.2, -0.15) is 0 Å². The minimum absolute atomic E-state index is 0.0884. The summed E-state index contributed by atoms with van der Waals surface area (Å²) in [6.45, 7) is 2.40. The van der Waals surface area contributed by atoms with E-state index < -0.39 is 0 Å². The third kappa shape index (κ3) is 2.76. The molecule has 2 unspecified atom stereocenters. The Morgan fingerprint density at radius 1 is 1.20 bits per heavy atom. The fraction of sp³-hybridized carbons (Fsp3) is 0.562. The van der Waals surface area contributed by atoms with Crippen molar-refractivity contribution in [2.24, 2.45) is 0 Å². The first-order valence-corrected chi connectivity index (χ1v) is 7.36. The molecule has 0 spiro atoms. The zero-order chi connectivity index (χ0) is 14.1. The molecule has 2 fully saturated rings. The van der Waals surface area contributed by atoms with Crippen molar-refractivity contribution in [2.45, 2.75) is 31.3 Å². The summed E-state index contributed by atoms with van der Waals surface area (Å²) in [4.78, 5) is 17.0. The summed E-state index contributed by atoms with van der Waals surface area (Å²) >= 11 is 0. The highest BCUT2D eigenvalue weighted by atomic mass is 19.1. The number of carbonyl (C=O) groups is 1. The van der Waals surface area contributed by atoms with Crippen molar-refractivity contribution in [2.75, 3.05) is 26.7 Å². The van der Waals surface area contributed by atoms with Gasteiger partial charge in [0.05, 0.1) is 6.54 Å². The van der Waals surface area contributed by atoms with Gasteiger partial charge in [0.1, 0.15) is 5.82 Å². The van der Waals surface area contributed by atoms with Gasteiger partial charge >= 0.3 is 0 Å². The van der Waals surface area contributed by atoms with Crippen molar-refractivity contribution < 1.29 is 9.18 Å². The lowest BCUT2D eigenvalue weighted by Crippen LogP contribution is -2.38. The lowest BCUT2D eigenvalue weighted by molar-refractivity contribution is 0.0923. The van der Waals surface area contributed by atoms with Crippen LogP contribution in [-0.2, 0) is 0 Å². The molecule has 2 bridgehead atoms. The first-order chi connectivity index (χ1) is 9.63. The molecule has 0 radical (unpaired) electrons. The average Bonchev–Trinajstić information content (AvgIpc) is 2.68. The van der Waals surface area contributed by atoms with E-state index in [-0.39, 0.29) is 11.6 Å². The molecule has 2 atom stereocenters. The number of ketones is 1. The first kappa shape index (κ1) is 13.7. The molecule has 3 rings (SSSR count). The summed E-state index contributed by atoms with van der Waals surface area (Å²) in [5.41, 5.74) is 0.606. The largest absolute Gasteiger partial charge is 0.299 e. The Balaban J connectivity index is 1.63. The maximum atomic E-state index is 12.9. The predicted molar refractivity (Wildman–Crippen MR) is 76.4 cm³/mol. The monoisotopic (exact) mass is 276 g/mol. The van der Waals surface area contributed by atoms with Crippen LogP contribution in [0.3, 0.4) is 0 Å². The van der Waals surface area contributed by atoms with Gasteiger partial charge in [-0.25, -0.2) is 4.39 Å². The summed E-state index contributed by atoms with van der Waals surface area (Å²) in [5.74, 6) is -0.208. The fourth-order valence-corrected chi connectivity index (χ4v) is 3.45. The molecule has 2 heterocycles. The van der Waals surface area contributed by atoms with E-state index in [0.717, 1.165) is 19.5 Å². The Morgan fingerprint density at radius 2 is 1.90 bits per heavy atom. The van der Waals surface area contributed by atoms with Crippen LogP contribution in [0, 0.1) is 5.82 Å². The van der Waals surface area contributed by atoms with E-state index in [1.54, 1.807) is 12.1 Å². The van der Waals surface area contributed by atoms with Gasteiger partial charge in [-0.05, 0) is 50.6 Å². The normalized spacial score (nSPS) is 27.5. The SMILES string of the molecule is CN1C2CCC1CN(CC(=O)c1ccc(F)cc1)CC2. The number of Topliss-reactive ketones (excluding diaryl/α,β-unsaturated/α-hetero) is 1.